The van der Waals surface area contributed by atoms with Crippen molar-refractivity contribution in [3.8, 4) is 0 Å². The standard InChI is InChI=1S/C19H23N5O/c1-12(2)24-19-17-14(3-6-20-19)10-21-18(17)16-9-15(22-11-23-16)13-4-7-25-8-5-13/h3,6,9,11-13H,4-5,7-8,10H2,1-2H3,(H,20,24). The van der Waals surface area contributed by atoms with E-state index in [0.29, 0.717) is 18.5 Å². The van der Waals surface area contributed by atoms with Crippen LogP contribution in [0.1, 0.15) is 55.1 Å². The van der Waals surface area contributed by atoms with Crippen molar-refractivity contribution in [3.05, 3.63) is 47.2 Å². The molecule has 2 aliphatic rings. The van der Waals surface area contributed by atoms with Crippen molar-refractivity contribution in [1.82, 2.24) is 15.0 Å². The number of aliphatic imine (C=N–C) groups is 1. The summed E-state index contributed by atoms with van der Waals surface area (Å²) in [6, 6.07) is 4.44. The lowest BCUT2D eigenvalue weighted by Gasteiger charge is -2.21. The number of hydrogen-bond acceptors (Lipinski definition) is 6. The highest BCUT2D eigenvalue weighted by Crippen LogP contribution is 2.30. The number of fused-ring (bicyclic) bond motifs is 1. The van der Waals surface area contributed by atoms with Crippen molar-refractivity contribution in [2.24, 2.45) is 4.99 Å². The Morgan fingerprint density at radius 1 is 1.16 bits per heavy atom. The van der Waals surface area contributed by atoms with Gasteiger partial charge in [0.1, 0.15) is 12.1 Å². The Morgan fingerprint density at radius 2 is 2.00 bits per heavy atom. The molecule has 1 N–H and O–H groups in total. The molecule has 0 aliphatic carbocycles. The largest absolute Gasteiger partial charge is 0.381 e. The monoisotopic (exact) mass is 337 g/mol. The molecule has 4 heterocycles. The van der Waals surface area contributed by atoms with E-state index in [1.807, 2.05) is 12.3 Å². The molecule has 0 unspecified atom stereocenters. The minimum absolute atomic E-state index is 0.309. The summed E-state index contributed by atoms with van der Waals surface area (Å²) in [5.41, 5.74) is 5.16. The maximum atomic E-state index is 5.47. The van der Waals surface area contributed by atoms with Crippen LogP contribution in [0.25, 0.3) is 0 Å². The molecular formula is C19H23N5O. The molecule has 6 heteroatoms. The van der Waals surface area contributed by atoms with E-state index in [9.17, 15) is 0 Å². The number of nitrogens with zero attached hydrogens (tertiary/aromatic N) is 4. The molecule has 2 aromatic heterocycles. The average molecular weight is 337 g/mol. The molecule has 0 aromatic carbocycles. The van der Waals surface area contributed by atoms with Crippen LogP contribution in [-0.2, 0) is 11.3 Å². The molecule has 2 aromatic rings. The Hall–Kier alpha value is -2.34. The highest BCUT2D eigenvalue weighted by molar-refractivity contribution is 6.16. The molecule has 0 spiro atoms. The minimum Gasteiger partial charge on any atom is -0.381 e. The third kappa shape index (κ3) is 3.26. The smallest absolute Gasteiger partial charge is 0.136 e. The van der Waals surface area contributed by atoms with Gasteiger partial charge in [0.15, 0.2) is 0 Å². The van der Waals surface area contributed by atoms with Crippen LogP contribution in [-0.4, -0.2) is 39.9 Å². The van der Waals surface area contributed by atoms with Crippen molar-refractivity contribution < 1.29 is 4.74 Å². The fourth-order valence-corrected chi connectivity index (χ4v) is 3.45. The van der Waals surface area contributed by atoms with Gasteiger partial charge >= 0.3 is 0 Å². The summed E-state index contributed by atoms with van der Waals surface area (Å²) in [4.78, 5) is 18.3. The predicted molar refractivity (Wildman–Crippen MR) is 97.2 cm³/mol. The number of anilines is 1. The van der Waals surface area contributed by atoms with Crippen LogP contribution in [0.5, 0.6) is 0 Å². The van der Waals surface area contributed by atoms with Crippen LogP contribution in [0.15, 0.2) is 29.6 Å². The number of aromatic nitrogens is 3. The highest BCUT2D eigenvalue weighted by Gasteiger charge is 2.25. The molecule has 0 amide bonds. The van der Waals surface area contributed by atoms with Crippen molar-refractivity contribution >= 4 is 11.5 Å². The van der Waals surface area contributed by atoms with Crippen LogP contribution in [0, 0.1) is 0 Å². The van der Waals surface area contributed by atoms with E-state index in [-0.39, 0.29) is 0 Å². The van der Waals surface area contributed by atoms with Crippen LogP contribution >= 0.6 is 0 Å². The normalized spacial score (nSPS) is 17.5. The Kier molecular flexibility index (Phi) is 4.44. The van der Waals surface area contributed by atoms with Gasteiger partial charge in [0.2, 0.25) is 0 Å². The topological polar surface area (TPSA) is 72.3 Å². The fourth-order valence-electron chi connectivity index (χ4n) is 3.45. The molecular weight excluding hydrogens is 314 g/mol. The second kappa shape index (κ2) is 6.88. The summed E-state index contributed by atoms with van der Waals surface area (Å²) >= 11 is 0. The van der Waals surface area contributed by atoms with Gasteiger partial charge in [-0.1, -0.05) is 0 Å². The first-order valence-electron chi connectivity index (χ1n) is 8.91. The van der Waals surface area contributed by atoms with Crippen molar-refractivity contribution in [2.75, 3.05) is 18.5 Å². The molecule has 4 rings (SSSR count). The maximum absolute atomic E-state index is 5.47. The van der Waals surface area contributed by atoms with Gasteiger partial charge in [-0.25, -0.2) is 15.0 Å². The zero-order valence-corrected chi connectivity index (χ0v) is 14.7. The molecule has 0 bridgehead atoms. The quantitative estimate of drug-likeness (QED) is 0.929. The van der Waals surface area contributed by atoms with Crippen molar-refractivity contribution in [1.29, 1.82) is 0 Å². The van der Waals surface area contributed by atoms with Gasteiger partial charge in [0, 0.05) is 42.6 Å². The summed E-state index contributed by atoms with van der Waals surface area (Å²) in [7, 11) is 0. The van der Waals surface area contributed by atoms with Gasteiger partial charge in [-0.05, 0) is 44.4 Å². The summed E-state index contributed by atoms with van der Waals surface area (Å²) < 4.78 is 5.47. The van der Waals surface area contributed by atoms with E-state index >= 15 is 0 Å². The maximum Gasteiger partial charge on any atom is 0.136 e. The second-order valence-electron chi connectivity index (χ2n) is 6.87. The molecule has 130 valence electrons. The Morgan fingerprint density at radius 3 is 2.80 bits per heavy atom. The van der Waals surface area contributed by atoms with Crippen LogP contribution in [0.2, 0.25) is 0 Å². The van der Waals surface area contributed by atoms with Crippen molar-refractivity contribution in [2.45, 2.75) is 45.2 Å². The third-order valence-corrected chi connectivity index (χ3v) is 4.68. The lowest BCUT2D eigenvalue weighted by atomic mass is 9.95. The van der Waals surface area contributed by atoms with Crippen LogP contribution in [0.4, 0.5) is 5.82 Å². The average Bonchev–Trinajstić information content (AvgIpc) is 3.07. The van der Waals surface area contributed by atoms with E-state index in [1.54, 1.807) is 6.33 Å². The first kappa shape index (κ1) is 16.1. The van der Waals surface area contributed by atoms with E-state index in [1.165, 1.54) is 5.56 Å². The van der Waals surface area contributed by atoms with E-state index in [2.05, 4.69) is 40.2 Å². The Bertz CT molecular complexity index is 796. The predicted octanol–water partition coefficient (Wildman–Crippen LogP) is 2.94. The van der Waals surface area contributed by atoms with Gasteiger partial charge in [-0.3, -0.25) is 4.99 Å². The van der Waals surface area contributed by atoms with E-state index in [4.69, 9.17) is 9.73 Å². The van der Waals surface area contributed by atoms with Gasteiger partial charge in [-0.15, -0.1) is 0 Å². The van der Waals surface area contributed by atoms with E-state index in [0.717, 1.165) is 54.5 Å². The second-order valence-corrected chi connectivity index (χ2v) is 6.87. The number of nitrogens with one attached hydrogen (secondary N) is 1. The lowest BCUT2D eigenvalue weighted by molar-refractivity contribution is 0.0845. The molecule has 0 radical (unpaired) electrons. The molecule has 0 atom stereocenters. The minimum atomic E-state index is 0.309. The lowest BCUT2D eigenvalue weighted by Crippen LogP contribution is -2.18. The first-order chi connectivity index (χ1) is 12.2. The van der Waals surface area contributed by atoms with Crippen molar-refractivity contribution in [3.63, 3.8) is 0 Å². The van der Waals surface area contributed by atoms with Crippen LogP contribution in [0.3, 0.4) is 0 Å². The molecule has 0 saturated carbocycles. The number of ether oxygens (including phenoxy) is 1. The van der Waals surface area contributed by atoms with Gasteiger partial charge in [0.25, 0.3) is 0 Å². The van der Waals surface area contributed by atoms with Crippen LogP contribution < -0.4 is 5.32 Å². The fraction of sp³-hybridized carbons (Fsp3) is 0.474. The number of rotatable bonds is 4. The third-order valence-electron chi connectivity index (χ3n) is 4.68. The Balaban J connectivity index is 1.69. The van der Waals surface area contributed by atoms with Gasteiger partial charge in [0.05, 0.1) is 18.0 Å². The SMILES string of the molecule is CC(C)Nc1nccc2c1C(c1cc(C3CCOCC3)ncn1)=NC2. The van der Waals surface area contributed by atoms with Gasteiger partial charge in [-0.2, -0.15) is 0 Å². The first-order valence-corrected chi connectivity index (χ1v) is 8.91. The number of hydrogen-bond donors (Lipinski definition) is 1. The summed E-state index contributed by atoms with van der Waals surface area (Å²) in [6.45, 7) is 6.51. The molecule has 1 saturated heterocycles. The zero-order valence-electron chi connectivity index (χ0n) is 14.7. The Labute approximate surface area is 147 Å². The molecule has 1 fully saturated rings. The zero-order chi connectivity index (χ0) is 17.2. The molecule has 2 aliphatic heterocycles. The molecule has 25 heavy (non-hydrogen) atoms. The summed E-state index contributed by atoms with van der Waals surface area (Å²) in [5.74, 6) is 1.33. The number of pyridine rings is 1. The summed E-state index contributed by atoms with van der Waals surface area (Å²) in [6.07, 6.45) is 5.53. The summed E-state index contributed by atoms with van der Waals surface area (Å²) in [5, 5.41) is 3.43. The van der Waals surface area contributed by atoms with Gasteiger partial charge < -0.3 is 10.1 Å². The van der Waals surface area contributed by atoms with E-state index < -0.39 is 0 Å². The highest BCUT2D eigenvalue weighted by atomic mass is 16.5. The molecule has 6 nitrogen and oxygen atoms in total.